The third kappa shape index (κ3) is 4.43. The second kappa shape index (κ2) is 8.64. The molecule has 5 nitrogen and oxygen atoms in total. The van der Waals surface area contributed by atoms with Gasteiger partial charge in [0.25, 0.3) is 0 Å². The van der Waals surface area contributed by atoms with E-state index in [9.17, 15) is 0 Å². The maximum absolute atomic E-state index is 6.06. The third-order valence-electron chi connectivity index (χ3n) is 4.62. The molecule has 0 aliphatic heterocycles. The van der Waals surface area contributed by atoms with Gasteiger partial charge in [0, 0.05) is 6.07 Å². The van der Waals surface area contributed by atoms with E-state index in [0.717, 1.165) is 43.8 Å². The molecular weight excluding hydrogens is 344 g/mol. The molecule has 0 fully saturated rings. The van der Waals surface area contributed by atoms with Crippen LogP contribution in [0.25, 0.3) is 16.2 Å². The van der Waals surface area contributed by atoms with Gasteiger partial charge in [-0.25, -0.2) is 9.50 Å². The topological polar surface area (TPSA) is 42.7 Å². The van der Waals surface area contributed by atoms with Crippen LogP contribution in [0.2, 0.25) is 0 Å². The van der Waals surface area contributed by atoms with Crippen LogP contribution < -0.4 is 4.74 Å². The van der Waals surface area contributed by atoms with Gasteiger partial charge in [-0.1, -0.05) is 13.8 Å². The molecule has 0 aliphatic carbocycles. The Labute approximate surface area is 159 Å². The quantitative estimate of drug-likeness (QED) is 0.548. The monoisotopic (exact) mass is 372 g/mol. The predicted octanol–water partition coefficient (Wildman–Crippen LogP) is 4.66. The zero-order valence-corrected chi connectivity index (χ0v) is 16.9. The average Bonchev–Trinajstić information content (AvgIpc) is 3.24. The molecule has 0 saturated carbocycles. The van der Waals surface area contributed by atoms with E-state index in [-0.39, 0.29) is 6.10 Å². The van der Waals surface area contributed by atoms with E-state index in [2.05, 4.69) is 54.1 Å². The van der Waals surface area contributed by atoms with E-state index in [1.807, 2.05) is 22.8 Å². The van der Waals surface area contributed by atoms with Crippen LogP contribution in [-0.2, 0) is 0 Å². The van der Waals surface area contributed by atoms with Gasteiger partial charge in [0.1, 0.15) is 5.69 Å². The largest absolute Gasteiger partial charge is 0.474 e. The van der Waals surface area contributed by atoms with E-state index in [4.69, 9.17) is 4.74 Å². The van der Waals surface area contributed by atoms with E-state index in [1.165, 1.54) is 10.4 Å². The van der Waals surface area contributed by atoms with Crippen LogP contribution in [0.15, 0.2) is 29.8 Å². The number of nitrogens with zero attached hydrogens (tertiary/aromatic N) is 4. The Morgan fingerprint density at radius 2 is 2.08 bits per heavy atom. The van der Waals surface area contributed by atoms with Crippen molar-refractivity contribution < 1.29 is 4.74 Å². The lowest BCUT2D eigenvalue weighted by Gasteiger charge is -2.19. The Balaban J connectivity index is 1.67. The van der Waals surface area contributed by atoms with Gasteiger partial charge in [0.15, 0.2) is 5.65 Å². The summed E-state index contributed by atoms with van der Waals surface area (Å²) in [6.07, 6.45) is 4.18. The van der Waals surface area contributed by atoms with Crippen LogP contribution >= 0.6 is 11.3 Å². The first-order valence-corrected chi connectivity index (χ1v) is 10.3. The van der Waals surface area contributed by atoms with Crippen molar-refractivity contribution in [3.05, 3.63) is 35.3 Å². The van der Waals surface area contributed by atoms with Crippen LogP contribution in [0, 0.1) is 6.92 Å². The lowest BCUT2D eigenvalue weighted by molar-refractivity contribution is 0.186. The fraction of sp³-hybridized carbons (Fsp3) is 0.500. The summed E-state index contributed by atoms with van der Waals surface area (Å²) < 4.78 is 7.94. The molecule has 3 rings (SSSR count). The van der Waals surface area contributed by atoms with Crippen LogP contribution in [0.5, 0.6) is 5.88 Å². The molecule has 3 aromatic heterocycles. The van der Waals surface area contributed by atoms with Crippen molar-refractivity contribution in [1.82, 2.24) is 19.5 Å². The molecule has 3 aromatic rings. The van der Waals surface area contributed by atoms with Crippen molar-refractivity contribution in [3.8, 4) is 16.5 Å². The number of aromatic nitrogens is 3. The minimum Gasteiger partial charge on any atom is -0.474 e. The normalized spacial score (nSPS) is 12.8. The van der Waals surface area contributed by atoms with Gasteiger partial charge < -0.3 is 9.64 Å². The van der Waals surface area contributed by atoms with Gasteiger partial charge in [-0.05, 0) is 69.4 Å². The first kappa shape index (κ1) is 18.9. The Bertz CT molecular complexity index is 837. The third-order valence-corrected chi connectivity index (χ3v) is 5.69. The molecule has 0 bridgehead atoms. The van der Waals surface area contributed by atoms with Crippen LogP contribution in [0.1, 0.15) is 39.2 Å². The Morgan fingerprint density at radius 3 is 2.77 bits per heavy atom. The predicted molar refractivity (Wildman–Crippen MR) is 108 cm³/mol. The molecule has 0 aliphatic rings. The number of rotatable bonds is 9. The van der Waals surface area contributed by atoms with Crippen LogP contribution in [0.3, 0.4) is 0 Å². The number of hydrogen-bond acceptors (Lipinski definition) is 5. The molecule has 0 N–H and O–H groups in total. The lowest BCUT2D eigenvalue weighted by atomic mass is 10.2. The molecule has 0 amide bonds. The highest BCUT2D eigenvalue weighted by molar-refractivity contribution is 7.13. The fourth-order valence-corrected chi connectivity index (χ4v) is 3.95. The number of aryl methyl sites for hydroxylation is 1. The molecule has 0 aromatic carbocycles. The molecule has 0 radical (unpaired) electrons. The molecular formula is C20H28N4OS. The van der Waals surface area contributed by atoms with Gasteiger partial charge in [-0.2, -0.15) is 0 Å². The minimum absolute atomic E-state index is 0.145. The van der Waals surface area contributed by atoms with Gasteiger partial charge in [0.2, 0.25) is 5.88 Å². The number of thiophene rings is 1. The summed E-state index contributed by atoms with van der Waals surface area (Å²) in [4.78, 5) is 8.07. The summed E-state index contributed by atoms with van der Waals surface area (Å²) in [7, 11) is 0. The summed E-state index contributed by atoms with van der Waals surface area (Å²) in [6.45, 7) is 12.0. The first-order valence-electron chi connectivity index (χ1n) is 9.40. The summed E-state index contributed by atoms with van der Waals surface area (Å²) in [5, 5.41) is 6.81. The van der Waals surface area contributed by atoms with Crippen molar-refractivity contribution in [1.29, 1.82) is 0 Å². The fourth-order valence-electron chi connectivity index (χ4n) is 3.06. The molecule has 0 saturated heterocycles. The summed E-state index contributed by atoms with van der Waals surface area (Å²) in [5.41, 5.74) is 3.11. The molecule has 6 heteroatoms. The molecule has 3 heterocycles. The minimum atomic E-state index is 0.145. The SMILES string of the molecule is CCN(CC)CCCC(C)Oc1ccc2ncc(-c3cc(C)cs3)n2n1. The number of hydrogen-bond donors (Lipinski definition) is 0. The maximum Gasteiger partial charge on any atom is 0.232 e. The van der Waals surface area contributed by atoms with E-state index in [0.29, 0.717) is 5.88 Å². The van der Waals surface area contributed by atoms with E-state index >= 15 is 0 Å². The standard InChI is InChI=1S/C20H28N4OS/c1-5-23(6-2)11-7-8-16(4)25-20-10-9-19-21-13-17(24(19)22-20)18-12-15(3)14-26-18/h9-10,12-14,16H,5-8,11H2,1-4H3. The average molecular weight is 373 g/mol. The molecule has 1 atom stereocenters. The number of imidazole rings is 1. The van der Waals surface area contributed by atoms with Gasteiger partial charge in [0.05, 0.1) is 17.2 Å². The highest BCUT2D eigenvalue weighted by atomic mass is 32.1. The number of ether oxygens (including phenoxy) is 1. The van der Waals surface area contributed by atoms with E-state index < -0.39 is 0 Å². The highest BCUT2D eigenvalue weighted by Gasteiger charge is 2.12. The zero-order valence-electron chi connectivity index (χ0n) is 16.1. The zero-order chi connectivity index (χ0) is 18.5. The lowest BCUT2D eigenvalue weighted by Crippen LogP contribution is -2.25. The number of fused-ring (bicyclic) bond motifs is 1. The molecule has 26 heavy (non-hydrogen) atoms. The second-order valence-corrected chi connectivity index (χ2v) is 7.58. The van der Waals surface area contributed by atoms with Gasteiger partial charge in [-0.15, -0.1) is 16.4 Å². The Kier molecular flexibility index (Phi) is 6.27. The smallest absolute Gasteiger partial charge is 0.232 e. The van der Waals surface area contributed by atoms with Gasteiger partial charge in [-0.3, -0.25) is 0 Å². The summed E-state index contributed by atoms with van der Waals surface area (Å²) >= 11 is 1.71. The molecule has 1 unspecified atom stereocenters. The molecule has 140 valence electrons. The van der Waals surface area contributed by atoms with Crippen molar-refractivity contribution >= 4 is 17.0 Å². The first-order chi connectivity index (χ1) is 12.6. The molecule has 0 spiro atoms. The van der Waals surface area contributed by atoms with E-state index in [1.54, 1.807) is 11.3 Å². The van der Waals surface area contributed by atoms with Gasteiger partial charge >= 0.3 is 0 Å². The van der Waals surface area contributed by atoms with Crippen molar-refractivity contribution in [3.63, 3.8) is 0 Å². The van der Waals surface area contributed by atoms with Crippen molar-refractivity contribution in [2.75, 3.05) is 19.6 Å². The van der Waals surface area contributed by atoms with Crippen LogP contribution in [-0.4, -0.2) is 45.2 Å². The highest BCUT2D eigenvalue weighted by Crippen LogP contribution is 2.27. The second-order valence-electron chi connectivity index (χ2n) is 6.67. The summed E-state index contributed by atoms with van der Waals surface area (Å²) in [6, 6.07) is 6.04. The maximum atomic E-state index is 6.06. The van der Waals surface area contributed by atoms with Crippen molar-refractivity contribution in [2.24, 2.45) is 0 Å². The van der Waals surface area contributed by atoms with Crippen molar-refractivity contribution in [2.45, 2.75) is 46.6 Å². The summed E-state index contributed by atoms with van der Waals surface area (Å²) in [5.74, 6) is 0.653. The Morgan fingerprint density at radius 1 is 1.27 bits per heavy atom. The van der Waals surface area contributed by atoms with Crippen LogP contribution in [0.4, 0.5) is 0 Å². The Hall–Kier alpha value is -1.92.